The molecule has 0 aliphatic heterocycles. The van der Waals surface area contributed by atoms with Gasteiger partial charge in [-0.25, -0.2) is 10.1 Å². The molecule has 0 unspecified atom stereocenters. The molecule has 0 spiro atoms. The molecular weight excluding hydrogens is 260 g/mol. The van der Waals surface area contributed by atoms with Crippen molar-refractivity contribution in [2.45, 2.75) is 57.8 Å². The summed E-state index contributed by atoms with van der Waals surface area (Å²) in [6.07, 6.45) is 8.87. The van der Waals surface area contributed by atoms with Gasteiger partial charge in [-0.1, -0.05) is 43.6 Å². The minimum Gasteiger partial charge on any atom is -0.301 e. The molecule has 0 amide bonds. The monoisotopic (exact) mass is 282 g/mol. The van der Waals surface area contributed by atoms with Crippen LogP contribution in [-0.4, -0.2) is 22.2 Å². The lowest BCUT2D eigenvalue weighted by molar-refractivity contribution is -0.432. The van der Waals surface area contributed by atoms with Gasteiger partial charge in [-0.15, -0.1) is 4.33 Å². The topological polar surface area (TPSA) is 85.2 Å². The summed E-state index contributed by atoms with van der Waals surface area (Å²) in [5, 5.41) is 19.4. The quantitative estimate of drug-likeness (QED) is 0.231. The van der Waals surface area contributed by atoms with Gasteiger partial charge in [-0.2, -0.15) is 5.26 Å². The van der Waals surface area contributed by atoms with E-state index in [1.165, 1.54) is 12.8 Å². The average Bonchev–Trinajstić information content (AvgIpc) is 2.39. The lowest BCUT2D eigenvalue weighted by Gasteiger charge is -2.01. The van der Waals surface area contributed by atoms with Crippen molar-refractivity contribution in [1.82, 2.24) is 0 Å². The van der Waals surface area contributed by atoms with Gasteiger partial charge in [-0.3, -0.25) is 0 Å². The molecule has 0 rings (SSSR count). The van der Waals surface area contributed by atoms with Gasteiger partial charge in [0.1, 0.15) is 0 Å². The van der Waals surface area contributed by atoms with Gasteiger partial charge in [0, 0.05) is 24.2 Å². The third-order valence-electron chi connectivity index (χ3n) is 2.54. The molecule has 0 aliphatic rings. The van der Waals surface area contributed by atoms with Gasteiger partial charge in [0.2, 0.25) is 0 Å². The SMILES string of the molecule is O=C(CCCCCCCCCCSOOO)OO. The molecule has 18 heavy (non-hydrogen) atoms. The minimum atomic E-state index is -0.554. The highest BCUT2D eigenvalue weighted by molar-refractivity contribution is 7.94. The summed E-state index contributed by atoms with van der Waals surface area (Å²) >= 11 is 1.10. The van der Waals surface area contributed by atoms with Crippen LogP contribution in [0.5, 0.6) is 0 Å². The summed E-state index contributed by atoms with van der Waals surface area (Å²) in [5.41, 5.74) is 0. The van der Waals surface area contributed by atoms with Crippen LogP contribution in [0.3, 0.4) is 0 Å². The zero-order chi connectivity index (χ0) is 13.5. The molecule has 0 bridgehead atoms. The van der Waals surface area contributed by atoms with Crippen molar-refractivity contribution in [3.63, 3.8) is 0 Å². The first-order valence-electron chi connectivity index (χ1n) is 6.25. The Morgan fingerprint density at radius 3 is 2.00 bits per heavy atom. The van der Waals surface area contributed by atoms with E-state index < -0.39 is 5.97 Å². The molecule has 0 aromatic carbocycles. The normalized spacial score (nSPS) is 10.6. The summed E-state index contributed by atoms with van der Waals surface area (Å²) in [5.74, 6) is 0.255. The van der Waals surface area contributed by atoms with Crippen molar-refractivity contribution >= 4 is 18.0 Å². The Bertz CT molecular complexity index is 190. The van der Waals surface area contributed by atoms with Crippen LogP contribution in [0.15, 0.2) is 0 Å². The summed E-state index contributed by atoms with van der Waals surface area (Å²) in [4.78, 5) is 14.2. The predicted molar refractivity (Wildman–Crippen MR) is 67.5 cm³/mol. The van der Waals surface area contributed by atoms with Crippen molar-refractivity contribution in [3.05, 3.63) is 0 Å². The van der Waals surface area contributed by atoms with Gasteiger partial charge < -0.3 is 4.89 Å². The van der Waals surface area contributed by atoms with Crippen LogP contribution in [0.2, 0.25) is 0 Å². The number of rotatable bonds is 13. The van der Waals surface area contributed by atoms with E-state index in [-0.39, 0.29) is 0 Å². The third kappa shape index (κ3) is 13.7. The molecule has 0 fully saturated rings. The Kier molecular flexibility index (Phi) is 14.4. The Balaban J connectivity index is 2.97. The molecule has 6 nitrogen and oxygen atoms in total. The maximum atomic E-state index is 10.6. The van der Waals surface area contributed by atoms with Crippen molar-refractivity contribution in [1.29, 1.82) is 0 Å². The fourth-order valence-corrected chi connectivity index (χ4v) is 2.03. The zero-order valence-electron chi connectivity index (χ0n) is 10.5. The van der Waals surface area contributed by atoms with Crippen molar-refractivity contribution in [2.75, 3.05) is 5.75 Å². The van der Waals surface area contributed by atoms with Crippen LogP contribution < -0.4 is 0 Å². The molecule has 0 aliphatic carbocycles. The number of hydrogen-bond acceptors (Lipinski definition) is 7. The van der Waals surface area contributed by atoms with E-state index >= 15 is 0 Å². The second-order valence-corrected chi connectivity index (χ2v) is 4.79. The van der Waals surface area contributed by atoms with E-state index in [2.05, 4.69) is 14.3 Å². The van der Waals surface area contributed by atoms with E-state index in [4.69, 9.17) is 10.5 Å². The van der Waals surface area contributed by atoms with Gasteiger partial charge in [0.05, 0.1) is 0 Å². The molecule has 0 saturated heterocycles. The number of carbonyl (C=O) groups is 1. The highest BCUT2D eigenvalue weighted by Gasteiger charge is 2.00. The summed E-state index contributed by atoms with van der Waals surface area (Å²) in [7, 11) is 0. The van der Waals surface area contributed by atoms with Gasteiger partial charge >= 0.3 is 5.97 Å². The first-order chi connectivity index (χ1) is 8.81. The molecule has 0 saturated carbocycles. The van der Waals surface area contributed by atoms with Crippen LogP contribution in [-0.2, 0) is 19.1 Å². The molecule has 0 radical (unpaired) electrons. The maximum absolute atomic E-state index is 10.6. The molecular formula is C11H22O6S. The summed E-state index contributed by atoms with van der Waals surface area (Å²) < 4.78 is 4.25. The van der Waals surface area contributed by atoms with E-state index in [0.717, 1.165) is 56.3 Å². The van der Waals surface area contributed by atoms with Crippen molar-refractivity contribution in [3.8, 4) is 0 Å². The lowest BCUT2D eigenvalue weighted by atomic mass is 10.1. The molecule has 0 atom stereocenters. The van der Waals surface area contributed by atoms with E-state index in [1.807, 2.05) is 0 Å². The van der Waals surface area contributed by atoms with Crippen LogP contribution >= 0.6 is 12.0 Å². The maximum Gasteiger partial charge on any atom is 0.342 e. The molecule has 0 heterocycles. The van der Waals surface area contributed by atoms with Crippen LogP contribution in [0, 0.1) is 0 Å². The highest BCUT2D eigenvalue weighted by Crippen LogP contribution is 2.12. The Morgan fingerprint density at radius 2 is 1.44 bits per heavy atom. The molecule has 0 aromatic heterocycles. The Morgan fingerprint density at radius 1 is 0.889 bits per heavy atom. The molecule has 7 heteroatoms. The average molecular weight is 282 g/mol. The Hall–Kier alpha value is -0.340. The zero-order valence-corrected chi connectivity index (χ0v) is 11.3. The number of unbranched alkanes of at least 4 members (excludes halogenated alkanes) is 7. The van der Waals surface area contributed by atoms with Crippen molar-refractivity contribution in [2.24, 2.45) is 0 Å². The first-order valence-corrected chi connectivity index (χ1v) is 7.16. The van der Waals surface area contributed by atoms with E-state index in [9.17, 15) is 4.79 Å². The summed E-state index contributed by atoms with van der Waals surface area (Å²) in [6, 6.07) is 0. The van der Waals surface area contributed by atoms with Gasteiger partial charge in [0.15, 0.2) is 0 Å². The predicted octanol–water partition coefficient (Wildman–Crippen LogP) is 3.58. The standard InChI is InChI=1S/C11H22O6S/c12-11(15-13)9-7-5-3-1-2-4-6-8-10-18-17-16-14/h13-14H,1-10H2. The highest BCUT2D eigenvalue weighted by atomic mass is 32.2. The fourth-order valence-electron chi connectivity index (χ4n) is 1.59. The first kappa shape index (κ1) is 17.7. The van der Waals surface area contributed by atoms with E-state index in [0.29, 0.717) is 6.42 Å². The fraction of sp³-hybridized carbons (Fsp3) is 0.909. The van der Waals surface area contributed by atoms with E-state index in [1.54, 1.807) is 0 Å². The molecule has 2 N–H and O–H groups in total. The Labute approximate surface area is 112 Å². The second-order valence-electron chi connectivity index (χ2n) is 4.01. The number of hydrogen-bond donors (Lipinski definition) is 2. The van der Waals surface area contributed by atoms with Crippen molar-refractivity contribution < 1.29 is 29.6 Å². The second kappa shape index (κ2) is 14.7. The molecule has 0 aromatic rings. The van der Waals surface area contributed by atoms with Crippen LogP contribution in [0.1, 0.15) is 57.8 Å². The largest absolute Gasteiger partial charge is 0.342 e. The summed E-state index contributed by atoms with van der Waals surface area (Å²) in [6.45, 7) is 0. The number of carbonyl (C=O) groups excluding carboxylic acids is 1. The van der Waals surface area contributed by atoms with Crippen LogP contribution in [0.4, 0.5) is 0 Å². The smallest absolute Gasteiger partial charge is 0.301 e. The molecule has 108 valence electrons. The minimum absolute atomic E-state index is 0.292. The third-order valence-corrected chi connectivity index (χ3v) is 3.15. The van der Waals surface area contributed by atoms with Gasteiger partial charge in [-0.05, 0) is 12.8 Å². The lowest BCUT2D eigenvalue weighted by Crippen LogP contribution is -1.99. The van der Waals surface area contributed by atoms with Crippen LogP contribution in [0.25, 0.3) is 0 Å². The van der Waals surface area contributed by atoms with Gasteiger partial charge in [0.25, 0.3) is 0 Å².